The number of allylic oxidation sites excluding steroid dienone is 1. The van der Waals surface area contributed by atoms with Gasteiger partial charge in [-0.3, -0.25) is 4.57 Å². The van der Waals surface area contributed by atoms with Crippen molar-refractivity contribution in [1.82, 2.24) is 19.9 Å². The molecule has 0 aliphatic rings. The van der Waals surface area contributed by atoms with Crippen LogP contribution in [0.4, 0.5) is 0 Å². The zero-order valence-corrected chi connectivity index (χ0v) is 13.9. The molecule has 0 fully saturated rings. The van der Waals surface area contributed by atoms with Crippen molar-refractivity contribution >= 4 is 9.84 Å². The molecule has 0 aliphatic heterocycles. The van der Waals surface area contributed by atoms with E-state index in [2.05, 4.69) is 21.9 Å². The van der Waals surface area contributed by atoms with E-state index in [1.807, 2.05) is 30.3 Å². The molecular formula is C16H16N4O3S. The first kappa shape index (κ1) is 16.1. The Kier molecular flexibility index (Phi) is 4.30. The first-order chi connectivity index (χ1) is 11.5. The predicted molar refractivity (Wildman–Crippen MR) is 87.8 cm³/mol. The van der Waals surface area contributed by atoms with Crippen LogP contribution in [0, 0.1) is 6.92 Å². The minimum absolute atomic E-state index is 0.115. The quantitative estimate of drug-likeness (QED) is 0.638. The van der Waals surface area contributed by atoms with E-state index in [-0.39, 0.29) is 23.2 Å². The summed E-state index contributed by atoms with van der Waals surface area (Å²) in [6.45, 7) is 5.69. The van der Waals surface area contributed by atoms with Gasteiger partial charge in [-0.15, -0.1) is 16.8 Å². The molecule has 0 saturated carbocycles. The maximum Gasteiger partial charge on any atom is 0.250 e. The van der Waals surface area contributed by atoms with E-state index in [1.165, 1.54) is 4.57 Å². The van der Waals surface area contributed by atoms with Crippen LogP contribution in [-0.4, -0.2) is 28.3 Å². The van der Waals surface area contributed by atoms with Crippen molar-refractivity contribution < 1.29 is 12.9 Å². The zero-order chi connectivity index (χ0) is 17.2. The molecular weight excluding hydrogens is 328 g/mol. The predicted octanol–water partition coefficient (Wildman–Crippen LogP) is 2.40. The Morgan fingerprint density at radius 2 is 2.00 bits per heavy atom. The fourth-order valence-electron chi connectivity index (χ4n) is 2.35. The average molecular weight is 344 g/mol. The lowest BCUT2D eigenvalue weighted by atomic mass is 10.2. The first-order valence-corrected chi connectivity index (χ1v) is 8.91. The highest BCUT2D eigenvalue weighted by atomic mass is 32.2. The fourth-order valence-corrected chi connectivity index (χ4v) is 3.65. The van der Waals surface area contributed by atoms with Gasteiger partial charge in [-0.2, -0.15) is 0 Å². The fraction of sp³-hybridized carbons (Fsp3) is 0.188. The normalized spacial score (nSPS) is 11.5. The van der Waals surface area contributed by atoms with Crippen LogP contribution in [0.2, 0.25) is 0 Å². The maximum atomic E-state index is 12.7. The summed E-state index contributed by atoms with van der Waals surface area (Å²) in [4.78, 5) is 0. The number of sulfone groups is 1. The molecule has 0 spiro atoms. The van der Waals surface area contributed by atoms with Crippen LogP contribution in [0.25, 0.3) is 11.4 Å². The molecule has 0 atom stereocenters. The number of rotatable bonds is 6. The van der Waals surface area contributed by atoms with Gasteiger partial charge in [-0.1, -0.05) is 41.6 Å². The Morgan fingerprint density at radius 1 is 1.25 bits per heavy atom. The van der Waals surface area contributed by atoms with E-state index in [0.29, 0.717) is 11.5 Å². The van der Waals surface area contributed by atoms with Gasteiger partial charge in [0.15, 0.2) is 11.6 Å². The molecule has 2 aromatic heterocycles. The van der Waals surface area contributed by atoms with E-state index in [4.69, 9.17) is 4.52 Å². The van der Waals surface area contributed by atoms with Gasteiger partial charge in [0.25, 0.3) is 5.16 Å². The molecule has 124 valence electrons. The van der Waals surface area contributed by atoms with Crippen LogP contribution >= 0.6 is 0 Å². The Bertz CT molecular complexity index is 958. The number of hydrogen-bond acceptors (Lipinski definition) is 6. The summed E-state index contributed by atoms with van der Waals surface area (Å²) >= 11 is 0. The molecule has 8 heteroatoms. The molecule has 0 N–H and O–H groups in total. The van der Waals surface area contributed by atoms with Crippen LogP contribution in [0.15, 0.2) is 58.7 Å². The summed E-state index contributed by atoms with van der Waals surface area (Å²) in [6.07, 6.45) is 1.60. The van der Waals surface area contributed by atoms with Crippen LogP contribution in [0.1, 0.15) is 11.5 Å². The lowest BCUT2D eigenvalue weighted by Gasteiger charge is -2.07. The van der Waals surface area contributed by atoms with Crippen LogP contribution in [0.3, 0.4) is 0 Å². The van der Waals surface area contributed by atoms with Crippen molar-refractivity contribution in [3.63, 3.8) is 0 Å². The molecule has 3 aromatic rings. The summed E-state index contributed by atoms with van der Waals surface area (Å²) in [7, 11) is -3.73. The van der Waals surface area contributed by atoms with Crippen LogP contribution in [0.5, 0.6) is 0 Å². The van der Waals surface area contributed by atoms with Crippen molar-refractivity contribution in [1.29, 1.82) is 0 Å². The third-order valence-electron chi connectivity index (χ3n) is 3.35. The number of nitrogens with zero attached hydrogens (tertiary/aromatic N) is 4. The minimum Gasteiger partial charge on any atom is -0.360 e. The highest BCUT2D eigenvalue weighted by Crippen LogP contribution is 2.23. The second-order valence-electron chi connectivity index (χ2n) is 5.27. The number of hydrogen-bond donors (Lipinski definition) is 0. The largest absolute Gasteiger partial charge is 0.360 e. The van der Waals surface area contributed by atoms with E-state index < -0.39 is 9.84 Å². The highest BCUT2D eigenvalue weighted by molar-refractivity contribution is 7.90. The van der Waals surface area contributed by atoms with Crippen molar-refractivity contribution in [2.75, 3.05) is 0 Å². The molecule has 2 heterocycles. The second-order valence-corrected chi connectivity index (χ2v) is 7.15. The average Bonchev–Trinajstić information content (AvgIpc) is 3.15. The van der Waals surface area contributed by atoms with Gasteiger partial charge in [0.05, 0.1) is 5.69 Å². The zero-order valence-electron chi connectivity index (χ0n) is 13.1. The molecule has 0 amide bonds. The van der Waals surface area contributed by atoms with Crippen molar-refractivity contribution in [2.24, 2.45) is 0 Å². The van der Waals surface area contributed by atoms with E-state index in [0.717, 1.165) is 5.56 Å². The van der Waals surface area contributed by atoms with Crippen molar-refractivity contribution in [3.05, 3.63) is 60.5 Å². The summed E-state index contributed by atoms with van der Waals surface area (Å²) in [5.74, 6) is 0.419. The van der Waals surface area contributed by atoms with Gasteiger partial charge in [0.1, 0.15) is 5.75 Å². The Morgan fingerprint density at radius 3 is 2.62 bits per heavy atom. The van der Waals surface area contributed by atoms with E-state index in [1.54, 1.807) is 19.1 Å². The SMILES string of the molecule is C=CCn1c(-c2ccccc2)nnc1S(=O)(=O)Cc1cc(C)no1. The summed E-state index contributed by atoms with van der Waals surface area (Å²) in [6, 6.07) is 10.9. The Hall–Kier alpha value is -2.74. The van der Waals surface area contributed by atoms with Gasteiger partial charge < -0.3 is 4.52 Å². The summed E-state index contributed by atoms with van der Waals surface area (Å²) in [5, 5.41) is 11.6. The Labute approximate surface area is 139 Å². The molecule has 0 radical (unpaired) electrons. The first-order valence-electron chi connectivity index (χ1n) is 7.26. The molecule has 0 bridgehead atoms. The van der Waals surface area contributed by atoms with Crippen molar-refractivity contribution in [3.8, 4) is 11.4 Å². The number of aryl methyl sites for hydroxylation is 1. The standard InChI is InChI=1S/C16H16N4O3S/c1-3-9-20-15(13-7-5-4-6-8-13)17-18-16(20)24(21,22)11-14-10-12(2)19-23-14/h3-8,10H,1,9,11H2,2H3. The third kappa shape index (κ3) is 3.13. The number of aromatic nitrogens is 4. The summed E-state index contributed by atoms with van der Waals surface area (Å²) in [5.41, 5.74) is 1.40. The monoisotopic (exact) mass is 344 g/mol. The molecule has 1 aromatic carbocycles. The van der Waals surface area contributed by atoms with E-state index >= 15 is 0 Å². The Balaban J connectivity index is 2.04. The van der Waals surface area contributed by atoms with Gasteiger partial charge in [0, 0.05) is 18.2 Å². The molecule has 3 rings (SSSR count). The molecule has 24 heavy (non-hydrogen) atoms. The molecule has 0 unspecified atom stereocenters. The van der Waals surface area contributed by atoms with Gasteiger partial charge in [-0.25, -0.2) is 8.42 Å². The minimum atomic E-state index is -3.73. The maximum absolute atomic E-state index is 12.7. The lowest BCUT2D eigenvalue weighted by Crippen LogP contribution is -2.13. The van der Waals surface area contributed by atoms with Crippen LogP contribution in [-0.2, 0) is 22.1 Å². The van der Waals surface area contributed by atoms with E-state index in [9.17, 15) is 8.42 Å². The lowest BCUT2D eigenvalue weighted by molar-refractivity contribution is 0.388. The smallest absolute Gasteiger partial charge is 0.250 e. The second kappa shape index (κ2) is 6.40. The topological polar surface area (TPSA) is 90.9 Å². The van der Waals surface area contributed by atoms with Gasteiger partial charge in [0.2, 0.25) is 9.84 Å². The summed E-state index contributed by atoms with van der Waals surface area (Å²) < 4.78 is 31.9. The van der Waals surface area contributed by atoms with Gasteiger partial charge in [-0.05, 0) is 6.92 Å². The highest BCUT2D eigenvalue weighted by Gasteiger charge is 2.26. The molecule has 0 saturated heterocycles. The van der Waals surface area contributed by atoms with Gasteiger partial charge >= 0.3 is 0 Å². The third-order valence-corrected chi connectivity index (χ3v) is 4.87. The van der Waals surface area contributed by atoms with Crippen molar-refractivity contribution in [2.45, 2.75) is 24.4 Å². The molecule has 0 aliphatic carbocycles. The number of benzene rings is 1. The molecule has 7 nitrogen and oxygen atoms in total. The van der Waals surface area contributed by atoms with Crippen LogP contribution < -0.4 is 0 Å².